The van der Waals surface area contributed by atoms with Gasteiger partial charge in [0.15, 0.2) is 0 Å². The Labute approximate surface area is 139 Å². The summed E-state index contributed by atoms with van der Waals surface area (Å²) in [7, 11) is 0. The first-order chi connectivity index (χ1) is 11.4. The van der Waals surface area contributed by atoms with Gasteiger partial charge in [-0.3, -0.25) is 0 Å². The number of thioether (sulfide) groups is 1. The molecule has 7 nitrogen and oxygen atoms in total. The van der Waals surface area contributed by atoms with Crippen LogP contribution in [0.2, 0.25) is 0 Å². The van der Waals surface area contributed by atoms with Gasteiger partial charge in [0.05, 0.1) is 11.4 Å². The molecule has 4 aromatic rings. The summed E-state index contributed by atoms with van der Waals surface area (Å²) in [5.74, 6) is 1.65. The van der Waals surface area contributed by atoms with Gasteiger partial charge in [-0.25, -0.2) is 0 Å². The van der Waals surface area contributed by atoms with Crippen molar-refractivity contribution in [1.82, 2.24) is 30.3 Å². The van der Waals surface area contributed by atoms with E-state index in [0.29, 0.717) is 22.6 Å². The summed E-state index contributed by atoms with van der Waals surface area (Å²) in [6, 6.07) is 11.7. The maximum atomic E-state index is 5.28. The Morgan fingerprint density at radius 1 is 1.17 bits per heavy atom. The first kappa shape index (κ1) is 14.1. The number of hydrogen-bond acceptors (Lipinski definition) is 8. The lowest BCUT2D eigenvalue weighted by atomic mass is 10.3. The molecule has 1 aromatic carbocycles. The zero-order chi connectivity index (χ0) is 15.5. The second kappa shape index (κ2) is 6.31. The van der Waals surface area contributed by atoms with Gasteiger partial charge in [-0.1, -0.05) is 35.1 Å². The highest BCUT2D eigenvalue weighted by Gasteiger charge is 2.13. The SMILES string of the molecule is c1ccc(-n2nnnc2SCc2nc(-c3ccsc3)no2)cc1. The zero-order valence-corrected chi connectivity index (χ0v) is 13.4. The van der Waals surface area contributed by atoms with Crippen LogP contribution >= 0.6 is 23.1 Å². The predicted molar refractivity (Wildman–Crippen MR) is 86.3 cm³/mol. The molecule has 0 amide bonds. The molecule has 9 heteroatoms. The molecule has 0 atom stereocenters. The standard InChI is InChI=1S/C14H10N6OS2/c1-2-4-11(5-3-1)20-14(16-18-19-20)23-9-12-15-13(17-21-12)10-6-7-22-8-10/h1-8H,9H2. The van der Waals surface area contributed by atoms with Crippen LogP contribution in [0.25, 0.3) is 17.1 Å². The number of aromatic nitrogens is 6. The van der Waals surface area contributed by atoms with Crippen LogP contribution in [0, 0.1) is 0 Å². The highest BCUT2D eigenvalue weighted by molar-refractivity contribution is 7.98. The Kier molecular flexibility index (Phi) is 3.86. The zero-order valence-electron chi connectivity index (χ0n) is 11.7. The minimum Gasteiger partial charge on any atom is -0.338 e. The third kappa shape index (κ3) is 3.01. The highest BCUT2D eigenvalue weighted by atomic mass is 32.2. The van der Waals surface area contributed by atoms with Gasteiger partial charge in [0.25, 0.3) is 0 Å². The van der Waals surface area contributed by atoms with Crippen LogP contribution in [-0.2, 0) is 5.75 Å². The lowest BCUT2D eigenvalue weighted by molar-refractivity contribution is 0.391. The summed E-state index contributed by atoms with van der Waals surface area (Å²) in [6.07, 6.45) is 0. The third-order valence-electron chi connectivity index (χ3n) is 3.01. The van der Waals surface area contributed by atoms with Crippen LogP contribution in [0.15, 0.2) is 56.8 Å². The van der Waals surface area contributed by atoms with Crippen LogP contribution in [-0.4, -0.2) is 30.3 Å². The van der Waals surface area contributed by atoms with Gasteiger partial charge in [-0.05, 0) is 34.0 Å². The van der Waals surface area contributed by atoms with Crippen molar-refractivity contribution >= 4 is 23.1 Å². The summed E-state index contributed by atoms with van der Waals surface area (Å²) >= 11 is 3.04. The van der Waals surface area contributed by atoms with Crippen molar-refractivity contribution in [2.24, 2.45) is 0 Å². The van der Waals surface area contributed by atoms with E-state index in [1.165, 1.54) is 11.8 Å². The summed E-state index contributed by atoms with van der Waals surface area (Å²) < 4.78 is 6.96. The number of nitrogens with zero attached hydrogens (tertiary/aromatic N) is 6. The molecule has 0 aliphatic rings. The van der Waals surface area contributed by atoms with Crippen molar-refractivity contribution in [1.29, 1.82) is 0 Å². The first-order valence-electron chi connectivity index (χ1n) is 6.72. The van der Waals surface area contributed by atoms with Gasteiger partial charge >= 0.3 is 0 Å². The van der Waals surface area contributed by atoms with Crippen LogP contribution in [0.5, 0.6) is 0 Å². The molecule has 3 aromatic heterocycles. The summed E-state index contributed by atoms with van der Waals surface area (Å²) in [4.78, 5) is 4.38. The summed E-state index contributed by atoms with van der Waals surface area (Å²) in [6.45, 7) is 0. The minimum absolute atomic E-state index is 0.504. The van der Waals surface area contributed by atoms with Gasteiger partial charge in [0, 0.05) is 10.9 Å². The molecule has 23 heavy (non-hydrogen) atoms. The molecule has 0 aliphatic carbocycles. The van der Waals surface area contributed by atoms with E-state index in [1.54, 1.807) is 16.0 Å². The number of para-hydroxylation sites is 1. The van der Waals surface area contributed by atoms with Crippen molar-refractivity contribution in [2.75, 3.05) is 0 Å². The van der Waals surface area contributed by atoms with Crippen molar-refractivity contribution in [3.8, 4) is 17.1 Å². The van der Waals surface area contributed by atoms with E-state index in [2.05, 4.69) is 25.7 Å². The van der Waals surface area contributed by atoms with E-state index in [9.17, 15) is 0 Å². The first-order valence-corrected chi connectivity index (χ1v) is 8.65. The summed E-state index contributed by atoms with van der Waals surface area (Å²) in [5, 5.41) is 20.4. The number of rotatable bonds is 5. The number of thiophene rings is 1. The molecule has 0 bridgehead atoms. The molecule has 0 fully saturated rings. The third-order valence-corrected chi connectivity index (χ3v) is 4.60. The molecular formula is C14H10N6OS2. The van der Waals surface area contributed by atoms with Crippen LogP contribution in [0.4, 0.5) is 0 Å². The second-order valence-corrected chi connectivity index (χ2v) is 6.24. The van der Waals surface area contributed by atoms with E-state index in [4.69, 9.17) is 4.52 Å². The van der Waals surface area contributed by atoms with Gasteiger partial charge in [-0.15, -0.1) is 5.10 Å². The molecule has 0 aliphatic heterocycles. The largest absolute Gasteiger partial charge is 0.338 e. The maximum Gasteiger partial charge on any atom is 0.237 e. The van der Waals surface area contributed by atoms with Gasteiger partial charge in [0.1, 0.15) is 0 Å². The Balaban J connectivity index is 1.49. The smallest absolute Gasteiger partial charge is 0.237 e. The van der Waals surface area contributed by atoms with Crippen molar-refractivity contribution in [2.45, 2.75) is 10.9 Å². The molecule has 0 spiro atoms. The molecule has 114 valence electrons. The Morgan fingerprint density at radius 3 is 2.91 bits per heavy atom. The van der Waals surface area contributed by atoms with Crippen molar-refractivity contribution in [3.05, 3.63) is 53.0 Å². The van der Waals surface area contributed by atoms with Crippen molar-refractivity contribution in [3.63, 3.8) is 0 Å². The van der Waals surface area contributed by atoms with Gasteiger partial charge in [0.2, 0.25) is 16.9 Å². The van der Waals surface area contributed by atoms with E-state index < -0.39 is 0 Å². The fourth-order valence-corrected chi connectivity index (χ4v) is 3.31. The molecule has 0 radical (unpaired) electrons. The lowest BCUT2D eigenvalue weighted by Crippen LogP contribution is -1.98. The fraction of sp³-hybridized carbons (Fsp3) is 0.0714. The molecule has 0 unspecified atom stereocenters. The van der Waals surface area contributed by atoms with E-state index in [-0.39, 0.29) is 0 Å². The summed E-state index contributed by atoms with van der Waals surface area (Å²) in [5.41, 5.74) is 1.87. The van der Waals surface area contributed by atoms with Crippen LogP contribution in [0.3, 0.4) is 0 Å². The average Bonchev–Trinajstić information content (AvgIpc) is 3.33. The predicted octanol–water partition coefficient (Wildman–Crippen LogP) is 3.07. The normalized spacial score (nSPS) is 11.0. The van der Waals surface area contributed by atoms with Crippen LogP contribution < -0.4 is 0 Å². The quantitative estimate of drug-likeness (QED) is 0.515. The topological polar surface area (TPSA) is 82.5 Å². The molecule has 0 N–H and O–H groups in total. The van der Waals surface area contributed by atoms with E-state index in [0.717, 1.165) is 11.3 Å². The Morgan fingerprint density at radius 2 is 2.09 bits per heavy atom. The second-order valence-electron chi connectivity index (χ2n) is 4.52. The van der Waals surface area contributed by atoms with Gasteiger partial charge < -0.3 is 4.52 Å². The van der Waals surface area contributed by atoms with Crippen LogP contribution in [0.1, 0.15) is 5.89 Å². The van der Waals surface area contributed by atoms with Gasteiger partial charge in [-0.2, -0.15) is 21.0 Å². The number of benzene rings is 1. The lowest BCUT2D eigenvalue weighted by Gasteiger charge is -2.02. The minimum atomic E-state index is 0.504. The molecule has 0 saturated heterocycles. The molecule has 0 saturated carbocycles. The highest BCUT2D eigenvalue weighted by Crippen LogP contribution is 2.24. The molecule has 4 rings (SSSR count). The van der Waals surface area contributed by atoms with E-state index in [1.807, 2.05) is 47.2 Å². The Bertz CT molecular complexity index is 887. The molecular weight excluding hydrogens is 332 g/mol. The maximum absolute atomic E-state index is 5.28. The van der Waals surface area contributed by atoms with E-state index >= 15 is 0 Å². The Hall–Kier alpha value is -2.52. The monoisotopic (exact) mass is 342 g/mol. The molecule has 3 heterocycles. The number of tetrazole rings is 1. The average molecular weight is 342 g/mol. The number of hydrogen-bond donors (Lipinski definition) is 0. The fourth-order valence-electron chi connectivity index (χ4n) is 1.95. The van der Waals surface area contributed by atoms with Crippen molar-refractivity contribution < 1.29 is 4.52 Å².